The summed E-state index contributed by atoms with van der Waals surface area (Å²) in [6, 6.07) is 3.94. The number of hydrogen-bond acceptors (Lipinski definition) is 3. The Bertz CT molecular complexity index is 453. The summed E-state index contributed by atoms with van der Waals surface area (Å²) in [4.78, 5) is 4.73. The van der Waals surface area contributed by atoms with Crippen LogP contribution in [0.4, 0.5) is 0 Å². The molecule has 2 rings (SSSR count). The highest BCUT2D eigenvalue weighted by molar-refractivity contribution is 6.35. The first-order valence-corrected chi connectivity index (χ1v) is 7.36. The number of halogens is 2. The first-order chi connectivity index (χ1) is 9.01. The number of phenolic OH excluding ortho intramolecular Hbond substituents is 1. The molecular formula is C14H20Cl2N2O. The smallest absolute Gasteiger partial charge is 0.138 e. The third-order valence-corrected chi connectivity index (χ3v) is 4.34. The van der Waals surface area contributed by atoms with Crippen LogP contribution >= 0.6 is 23.2 Å². The summed E-state index contributed by atoms with van der Waals surface area (Å²) in [5.41, 5.74) is 0.803. The molecule has 1 saturated heterocycles. The Morgan fingerprint density at radius 2 is 2.05 bits per heavy atom. The van der Waals surface area contributed by atoms with Gasteiger partial charge in [-0.15, -0.1) is 0 Å². The topological polar surface area (TPSA) is 26.7 Å². The third kappa shape index (κ3) is 3.54. The number of rotatable bonds is 3. The fourth-order valence-corrected chi connectivity index (χ4v) is 3.11. The fraction of sp³-hybridized carbons (Fsp3) is 0.571. The molecular weight excluding hydrogens is 283 g/mol. The maximum Gasteiger partial charge on any atom is 0.138 e. The molecule has 1 aliphatic rings. The maximum absolute atomic E-state index is 10.0. The summed E-state index contributed by atoms with van der Waals surface area (Å²) < 4.78 is 0. The molecule has 0 bridgehead atoms. The van der Waals surface area contributed by atoms with E-state index >= 15 is 0 Å². The maximum atomic E-state index is 10.0. The fourth-order valence-electron chi connectivity index (χ4n) is 2.58. The molecule has 0 saturated carbocycles. The van der Waals surface area contributed by atoms with Crippen molar-refractivity contribution < 1.29 is 5.11 Å². The van der Waals surface area contributed by atoms with Gasteiger partial charge in [0.1, 0.15) is 5.75 Å². The van der Waals surface area contributed by atoms with Gasteiger partial charge >= 0.3 is 0 Å². The van der Waals surface area contributed by atoms with Gasteiger partial charge in [0.05, 0.1) is 5.02 Å². The van der Waals surface area contributed by atoms with Crippen LogP contribution in [0.3, 0.4) is 0 Å². The summed E-state index contributed by atoms with van der Waals surface area (Å²) in [5, 5.41) is 10.9. The Morgan fingerprint density at radius 3 is 2.74 bits per heavy atom. The second-order valence-electron chi connectivity index (χ2n) is 5.17. The molecule has 1 heterocycles. The van der Waals surface area contributed by atoms with E-state index in [4.69, 9.17) is 23.2 Å². The first-order valence-electron chi connectivity index (χ1n) is 6.60. The van der Waals surface area contributed by atoms with Crippen molar-refractivity contribution in [2.45, 2.75) is 25.9 Å². The first kappa shape index (κ1) is 14.9. The molecule has 3 nitrogen and oxygen atoms in total. The number of likely N-dealkylation sites (N-methyl/N-ethyl adjacent to an activating group) is 1. The van der Waals surface area contributed by atoms with E-state index < -0.39 is 0 Å². The quantitative estimate of drug-likeness (QED) is 0.929. The van der Waals surface area contributed by atoms with Crippen LogP contribution in [0.5, 0.6) is 5.75 Å². The second-order valence-corrected chi connectivity index (χ2v) is 6.02. The van der Waals surface area contributed by atoms with Crippen LogP contribution in [0.25, 0.3) is 0 Å². The van der Waals surface area contributed by atoms with Gasteiger partial charge in [0.25, 0.3) is 0 Å². The van der Waals surface area contributed by atoms with Crippen LogP contribution in [-0.2, 0) is 6.54 Å². The summed E-state index contributed by atoms with van der Waals surface area (Å²) in [6.45, 7) is 5.95. The van der Waals surface area contributed by atoms with Crippen molar-refractivity contribution in [1.29, 1.82) is 0 Å². The molecule has 106 valence electrons. The highest BCUT2D eigenvalue weighted by Crippen LogP contribution is 2.32. The van der Waals surface area contributed by atoms with E-state index in [9.17, 15) is 5.11 Å². The van der Waals surface area contributed by atoms with E-state index in [0.29, 0.717) is 22.6 Å². The molecule has 1 aromatic carbocycles. The van der Waals surface area contributed by atoms with Gasteiger partial charge in [0, 0.05) is 42.8 Å². The Morgan fingerprint density at radius 1 is 1.32 bits per heavy atom. The Balaban J connectivity index is 2.09. The third-order valence-electron chi connectivity index (χ3n) is 3.83. The number of phenols is 1. The molecule has 1 fully saturated rings. The minimum Gasteiger partial charge on any atom is -0.506 e. The van der Waals surface area contributed by atoms with Gasteiger partial charge in [-0.2, -0.15) is 0 Å². The normalized spacial score (nSPS) is 21.8. The molecule has 0 aliphatic carbocycles. The number of nitrogens with zero attached hydrogens (tertiary/aromatic N) is 2. The van der Waals surface area contributed by atoms with Crippen molar-refractivity contribution in [1.82, 2.24) is 9.80 Å². The minimum absolute atomic E-state index is 0.151. The lowest BCUT2D eigenvalue weighted by Gasteiger charge is -2.39. The standard InChI is InChI=1S/C14H20Cl2N2O/c1-3-12-9-18(5-4-17(12)2)8-10-6-11(15)7-13(16)14(10)19/h6-7,12,19H,3-5,8-9H2,1-2H3. The van der Waals surface area contributed by atoms with Crippen molar-refractivity contribution in [3.05, 3.63) is 27.7 Å². The van der Waals surface area contributed by atoms with Crippen molar-refractivity contribution in [3.8, 4) is 5.75 Å². The number of hydrogen-bond donors (Lipinski definition) is 1. The second kappa shape index (κ2) is 6.31. The predicted octanol–water partition coefficient (Wildman–Crippen LogP) is 3.23. The SMILES string of the molecule is CCC1CN(Cc2cc(Cl)cc(Cl)c2O)CCN1C. The van der Waals surface area contributed by atoms with E-state index in [2.05, 4.69) is 23.8 Å². The van der Waals surface area contributed by atoms with Crippen molar-refractivity contribution in [3.63, 3.8) is 0 Å². The molecule has 0 radical (unpaired) electrons. The van der Waals surface area contributed by atoms with Crippen molar-refractivity contribution >= 4 is 23.2 Å². The predicted molar refractivity (Wildman–Crippen MR) is 80.1 cm³/mol. The molecule has 0 amide bonds. The summed E-state index contributed by atoms with van der Waals surface area (Å²) in [6.07, 6.45) is 1.13. The molecule has 1 unspecified atom stereocenters. The number of benzene rings is 1. The van der Waals surface area contributed by atoms with Gasteiger partial charge in [-0.25, -0.2) is 0 Å². The van der Waals surface area contributed by atoms with E-state index in [1.165, 1.54) is 0 Å². The molecule has 0 aromatic heterocycles. The van der Waals surface area contributed by atoms with Crippen molar-refractivity contribution in [2.24, 2.45) is 0 Å². The van der Waals surface area contributed by atoms with Gasteiger partial charge in [-0.1, -0.05) is 30.1 Å². The van der Waals surface area contributed by atoms with E-state index in [-0.39, 0.29) is 5.75 Å². The average molecular weight is 303 g/mol. The molecule has 1 aromatic rings. The van der Waals surface area contributed by atoms with E-state index in [1.807, 2.05) is 0 Å². The van der Waals surface area contributed by atoms with Crippen LogP contribution in [0, 0.1) is 0 Å². The number of aromatic hydroxyl groups is 1. The highest BCUT2D eigenvalue weighted by atomic mass is 35.5. The van der Waals surface area contributed by atoms with Gasteiger partial charge in [0.15, 0.2) is 0 Å². The molecule has 1 atom stereocenters. The zero-order valence-electron chi connectivity index (χ0n) is 11.4. The van der Waals surface area contributed by atoms with Crippen molar-refractivity contribution in [2.75, 3.05) is 26.7 Å². The lowest BCUT2D eigenvalue weighted by atomic mass is 10.1. The zero-order valence-corrected chi connectivity index (χ0v) is 12.9. The van der Waals surface area contributed by atoms with E-state index in [0.717, 1.165) is 31.6 Å². The van der Waals surface area contributed by atoms with Crippen LogP contribution in [0.2, 0.25) is 10.0 Å². The molecule has 5 heteroatoms. The van der Waals surface area contributed by atoms with E-state index in [1.54, 1.807) is 12.1 Å². The number of piperazine rings is 1. The average Bonchev–Trinajstić information content (AvgIpc) is 2.37. The Labute approximate surface area is 124 Å². The van der Waals surface area contributed by atoms with Crippen LogP contribution < -0.4 is 0 Å². The van der Waals surface area contributed by atoms with Gasteiger partial charge < -0.3 is 10.0 Å². The van der Waals surface area contributed by atoms with Gasteiger partial charge in [0.2, 0.25) is 0 Å². The highest BCUT2D eigenvalue weighted by Gasteiger charge is 2.23. The molecule has 0 spiro atoms. The lowest BCUT2D eigenvalue weighted by molar-refractivity contribution is 0.0878. The summed E-state index contributed by atoms with van der Waals surface area (Å²) in [7, 11) is 2.17. The lowest BCUT2D eigenvalue weighted by Crippen LogP contribution is -2.50. The molecule has 1 aliphatic heterocycles. The summed E-state index contributed by atoms with van der Waals surface area (Å²) in [5.74, 6) is 0.151. The van der Waals surface area contributed by atoms with Crippen LogP contribution in [-0.4, -0.2) is 47.6 Å². The minimum atomic E-state index is 0.151. The molecule has 19 heavy (non-hydrogen) atoms. The Kier molecular flexibility index (Phi) is 4.96. The molecule has 1 N–H and O–H groups in total. The zero-order chi connectivity index (χ0) is 14.0. The van der Waals surface area contributed by atoms with Crippen LogP contribution in [0.15, 0.2) is 12.1 Å². The summed E-state index contributed by atoms with van der Waals surface area (Å²) >= 11 is 12.0. The van der Waals surface area contributed by atoms with Crippen LogP contribution in [0.1, 0.15) is 18.9 Å². The monoisotopic (exact) mass is 302 g/mol. The largest absolute Gasteiger partial charge is 0.506 e. The van der Waals surface area contributed by atoms with Gasteiger partial charge in [-0.3, -0.25) is 4.90 Å². The Hall–Kier alpha value is -0.480. The van der Waals surface area contributed by atoms with Gasteiger partial charge in [-0.05, 0) is 25.6 Å².